The van der Waals surface area contributed by atoms with E-state index in [4.69, 9.17) is 17.3 Å². The lowest BCUT2D eigenvalue weighted by molar-refractivity contribution is 0.627. The zero-order valence-corrected chi connectivity index (χ0v) is 10.3. The minimum Gasteiger partial charge on any atom is -0.326 e. The highest BCUT2D eigenvalue weighted by atomic mass is 35.5. The van der Waals surface area contributed by atoms with Crippen LogP contribution in [0.3, 0.4) is 0 Å². The zero-order chi connectivity index (χ0) is 12.4. The molecule has 2 aromatic carbocycles. The van der Waals surface area contributed by atoms with E-state index >= 15 is 0 Å². The van der Waals surface area contributed by atoms with E-state index in [-0.39, 0.29) is 5.82 Å². The van der Waals surface area contributed by atoms with Crippen LogP contribution in [0.5, 0.6) is 0 Å². The normalized spacial score (nSPS) is 10.6. The monoisotopic (exact) mass is 249 g/mol. The van der Waals surface area contributed by atoms with Crippen molar-refractivity contribution in [1.29, 1.82) is 0 Å². The first-order chi connectivity index (χ1) is 8.11. The Morgan fingerprint density at radius 3 is 2.53 bits per heavy atom. The number of nitrogens with two attached hydrogens (primary N) is 1. The van der Waals surface area contributed by atoms with Crippen LogP contribution in [-0.2, 0) is 6.54 Å². The second kappa shape index (κ2) is 4.86. The fraction of sp³-hybridized carbons (Fsp3) is 0.143. The minimum atomic E-state index is -0.234. The molecule has 3 heteroatoms. The van der Waals surface area contributed by atoms with Crippen molar-refractivity contribution in [1.82, 2.24) is 0 Å². The van der Waals surface area contributed by atoms with E-state index in [1.54, 1.807) is 6.07 Å². The summed E-state index contributed by atoms with van der Waals surface area (Å²) in [7, 11) is 0. The molecule has 2 rings (SSSR count). The quantitative estimate of drug-likeness (QED) is 0.858. The van der Waals surface area contributed by atoms with Gasteiger partial charge in [-0.1, -0.05) is 23.7 Å². The molecule has 0 amide bonds. The number of rotatable bonds is 2. The van der Waals surface area contributed by atoms with Crippen LogP contribution in [0.25, 0.3) is 11.1 Å². The Labute approximate surface area is 105 Å². The lowest BCUT2D eigenvalue weighted by Gasteiger charge is -2.11. The molecule has 0 fully saturated rings. The molecular formula is C14H13ClFN. The highest BCUT2D eigenvalue weighted by Crippen LogP contribution is 2.29. The van der Waals surface area contributed by atoms with Crippen LogP contribution in [0.1, 0.15) is 11.1 Å². The molecule has 1 nitrogen and oxygen atoms in total. The summed E-state index contributed by atoms with van der Waals surface area (Å²) < 4.78 is 13.1. The third-order valence-corrected chi connectivity index (χ3v) is 3.01. The lowest BCUT2D eigenvalue weighted by Crippen LogP contribution is -1.99. The average molecular weight is 250 g/mol. The fourth-order valence-corrected chi connectivity index (χ4v) is 2.08. The topological polar surface area (TPSA) is 26.0 Å². The van der Waals surface area contributed by atoms with Crippen LogP contribution in [0, 0.1) is 12.7 Å². The maximum absolute atomic E-state index is 13.1. The van der Waals surface area contributed by atoms with Gasteiger partial charge in [-0.05, 0) is 53.4 Å². The van der Waals surface area contributed by atoms with Crippen molar-refractivity contribution >= 4 is 11.6 Å². The molecule has 0 unspecified atom stereocenters. The minimum absolute atomic E-state index is 0.234. The molecule has 0 bridgehead atoms. The second-order valence-corrected chi connectivity index (χ2v) is 4.40. The Morgan fingerprint density at radius 2 is 1.88 bits per heavy atom. The van der Waals surface area contributed by atoms with Gasteiger partial charge in [-0.25, -0.2) is 4.39 Å². The molecule has 0 aliphatic carbocycles. The highest BCUT2D eigenvalue weighted by molar-refractivity contribution is 6.30. The number of benzene rings is 2. The van der Waals surface area contributed by atoms with Gasteiger partial charge < -0.3 is 5.73 Å². The van der Waals surface area contributed by atoms with Gasteiger partial charge in [0.1, 0.15) is 5.82 Å². The van der Waals surface area contributed by atoms with E-state index in [9.17, 15) is 4.39 Å². The molecule has 2 N–H and O–H groups in total. The lowest BCUT2D eigenvalue weighted by atomic mass is 9.96. The number of hydrogen-bond acceptors (Lipinski definition) is 1. The maximum Gasteiger partial charge on any atom is 0.123 e. The molecule has 88 valence electrons. The zero-order valence-electron chi connectivity index (χ0n) is 9.50. The fourth-order valence-electron chi connectivity index (χ4n) is 1.91. The molecule has 0 saturated carbocycles. The van der Waals surface area contributed by atoms with Crippen molar-refractivity contribution in [2.75, 3.05) is 0 Å². The summed E-state index contributed by atoms with van der Waals surface area (Å²) in [5, 5.41) is 0.654. The smallest absolute Gasteiger partial charge is 0.123 e. The molecular weight excluding hydrogens is 237 g/mol. The first-order valence-corrected chi connectivity index (χ1v) is 5.74. The molecule has 0 radical (unpaired) electrons. The predicted octanol–water partition coefficient (Wildman–Crippen LogP) is 3.91. The summed E-state index contributed by atoms with van der Waals surface area (Å²) in [4.78, 5) is 0. The van der Waals surface area contributed by atoms with E-state index in [1.807, 2.05) is 25.1 Å². The Morgan fingerprint density at radius 1 is 1.12 bits per heavy atom. The van der Waals surface area contributed by atoms with Gasteiger partial charge in [0, 0.05) is 11.6 Å². The van der Waals surface area contributed by atoms with E-state index < -0.39 is 0 Å². The van der Waals surface area contributed by atoms with Crippen molar-refractivity contribution in [3.8, 4) is 11.1 Å². The summed E-state index contributed by atoms with van der Waals surface area (Å²) in [6.07, 6.45) is 0. The average Bonchev–Trinajstić information content (AvgIpc) is 2.29. The second-order valence-electron chi connectivity index (χ2n) is 3.96. The molecule has 2 aromatic rings. The van der Waals surface area contributed by atoms with Crippen molar-refractivity contribution in [3.05, 3.63) is 58.4 Å². The Bertz CT molecular complexity index is 552. The summed E-state index contributed by atoms with van der Waals surface area (Å²) in [6, 6.07) is 10.3. The molecule has 0 heterocycles. The summed E-state index contributed by atoms with van der Waals surface area (Å²) in [5.74, 6) is -0.234. The standard InChI is InChI=1S/C14H13ClFN/c1-9-6-12(16)4-5-13(9)14-7-11(15)3-2-10(14)8-17/h2-7H,8,17H2,1H3. The van der Waals surface area contributed by atoms with E-state index in [0.717, 1.165) is 22.3 Å². The predicted molar refractivity (Wildman–Crippen MR) is 69.5 cm³/mol. The Hall–Kier alpha value is -1.38. The van der Waals surface area contributed by atoms with Gasteiger partial charge in [0.2, 0.25) is 0 Å². The maximum atomic E-state index is 13.1. The largest absolute Gasteiger partial charge is 0.326 e. The summed E-state index contributed by atoms with van der Waals surface area (Å²) in [6.45, 7) is 2.31. The van der Waals surface area contributed by atoms with Gasteiger partial charge >= 0.3 is 0 Å². The summed E-state index contributed by atoms with van der Waals surface area (Å²) in [5.41, 5.74) is 9.52. The number of aryl methyl sites for hydroxylation is 1. The van der Waals surface area contributed by atoms with E-state index in [1.165, 1.54) is 12.1 Å². The van der Waals surface area contributed by atoms with Gasteiger partial charge in [0.25, 0.3) is 0 Å². The number of halogens is 2. The molecule has 0 aromatic heterocycles. The molecule has 0 atom stereocenters. The SMILES string of the molecule is Cc1cc(F)ccc1-c1cc(Cl)ccc1CN. The van der Waals surface area contributed by atoms with Gasteiger partial charge in [0.05, 0.1) is 0 Å². The van der Waals surface area contributed by atoms with Crippen LogP contribution in [0.2, 0.25) is 5.02 Å². The Balaban J connectivity index is 2.62. The Kier molecular flexibility index (Phi) is 3.46. The van der Waals surface area contributed by atoms with Gasteiger partial charge in [-0.3, -0.25) is 0 Å². The van der Waals surface area contributed by atoms with Crippen molar-refractivity contribution in [2.45, 2.75) is 13.5 Å². The molecule has 0 aliphatic rings. The van der Waals surface area contributed by atoms with Crippen LogP contribution >= 0.6 is 11.6 Å². The van der Waals surface area contributed by atoms with Crippen LogP contribution in [0.15, 0.2) is 36.4 Å². The van der Waals surface area contributed by atoms with Crippen molar-refractivity contribution in [2.24, 2.45) is 5.73 Å². The van der Waals surface area contributed by atoms with Crippen LogP contribution in [0.4, 0.5) is 4.39 Å². The molecule has 17 heavy (non-hydrogen) atoms. The third kappa shape index (κ3) is 2.48. The third-order valence-electron chi connectivity index (χ3n) is 2.77. The molecule has 0 spiro atoms. The number of hydrogen-bond donors (Lipinski definition) is 1. The van der Waals surface area contributed by atoms with E-state index in [2.05, 4.69) is 0 Å². The van der Waals surface area contributed by atoms with Crippen LogP contribution < -0.4 is 5.73 Å². The van der Waals surface area contributed by atoms with Gasteiger partial charge in [-0.15, -0.1) is 0 Å². The molecule has 0 aliphatic heterocycles. The van der Waals surface area contributed by atoms with Gasteiger partial charge in [-0.2, -0.15) is 0 Å². The van der Waals surface area contributed by atoms with E-state index in [0.29, 0.717) is 11.6 Å². The first kappa shape index (κ1) is 12.1. The van der Waals surface area contributed by atoms with Crippen molar-refractivity contribution < 1.29 is 4.39 Å². The van der Waals surface area contributed by atoms with Crippen LogP contribution in [-0.4, -0.2) is 0 Å². The van der Waals surface area contributed by atoms with Crippen molar-refractivity contribution in [3.63, 3.8) is 0 Å². The highest BCUT2D eigenvalue weighted by Gasteiger charge is 2.08. The van der Waals surface area contributed by atoms with Gasteiger partial charge in [0.15, 0.2) is 0 Å². The summed E-state index contributed by atoms with van der Waals surface area (Å²) >= 11 is 5.99. The molecule has 0 saturated heterocycles. The first-order valence-electron chi connectivity index (χ1n) is 5.37.